The largest absolute Gasteiger partial charge is 0.353 e. The number of anilines is 1. The first-order valence-corrected chi connectivity index (χ1v) is 12.3. The molecule has 166 valence electrons. The minimum atomic E-state index is 0.00278. The van der Waals surface area contributed by atoms with Crippen molar-refractivity contribution in [2.75, 3.05) is 44.2 Å². The fourth-order valence-corrected chi connectivity index (χ4v) is 5.38. The summed E-state index contributed by atoms with van der Waals surface area (Å²) in [7, 11) is 0. The van der Waals surface area contributed by atoms with Gasteiger partial charge in [0.05, 0.1) is 4.70 Å². The summed E-state index contributed by atoms with van der Waals surface area (Å²) < 4.78 is 5.98. The molecule has 1 amide bonds. The van der Waals surface area contributed by atoms with Crippen LogP contribution in [-0.4, -0.2) is 54.4 Å². The number of nitrogens with one attached hydrogen (secondary N) is 1. The van der Waals surface area contributed by atoms with Crippen LogP contribution in [0.15, 0.2) is 54.6 Å². The first-order valence-electron chi connectivity index (χ1n) is 11.5. The summed E-state index contributed by atoms with van der Waals surface area (Å²) in [5.74, 6) is 2.48. The average molecular weight is 447 g/mol. The Balaban J connectivity index is 1.04. The molecule has 32 heavy (non-hydrogen) atoms. The number of amides is 1. The lowest BCUT2D eigenvalue weighted by molar-refractivity contribution is -0.116. The van der Waals surface area contributed by atoms with Crippen molar-refractivity contribution < 1.29 is 4.79 Å². The Bertz CT molecular complexity index is 1120. The second-order valence-corrected chi connectivity index (χ2v) is 9.79. The molecule has 1 saturated carbocycles. The Kier molecular flexibility index (Phi) is 6.23. The Morgan fingerprint density at radius 2 is 1.88 bits per heavy atom. The van der Waals surface area contributed by atoms with Gasteiger partial charge in [0.25, 0.3) is 0 Å². The highest BCUT2D eigenvalue weighted by atomic mass is 32.1. The highest BCUT2D eigenvalue weighted by Gasteiger charge is 2.38. The third-order valence-electron chi connectivity index (χ3n) is 6.73. The quantitative estimate of drug-likeness (QED) is 0.553. The third-order valence-corrected chi connectivity index (χ3v) is 7.55. The summed E-state index contributed by atoms with van der Waals surface area (Å²) in [4.78, 5) is 17.2. The van der Waals surface area contributed by atoms with E-state index >= 15 is 0 Å². The topological polar surface area (TPSA) is 48.5 Å². The maximum atomic E-state index is 12.2. The molecule has 1 aliphatic carbocycles. The van der Waals surface area contributed by atoms with Crippen LogP contribution in [0.1, 0.15) is 17.5 Å². The van der Waals surface area contributed by atoms with Gasteiger partial charge < -0.3 is 10.2 Å². The van der Waals surface area contributed by atoms with Crippen LogP contribution >= 0.6 is 11.5 Å². The Labute approximate surface area is 193 Å². The van der Waals surface area contributed by atoms with Gasteiger partial charge in [0.1, 0.15) is 5.82 Å². The maximum absolute atomic E-state index is 12.2. The van der Waals surface area contributed by atoms with Crippen LogP contribution in [-0.2, 0) is 4.79 Å². The molecular formula is C26H30N4OS. The van der Waals surface area contributed by atoms with Gasteiger partial charge in [0.15, 0.2) is 0 Å². The minimum Gasteiger partial charge on any atom is -0.353 e. The smallest absolute Gasteiger partial charge is 0.244 e. The second-order valence-electron chi connectivity index (χ2n) is 8.98. The number of carbonyl (C=O) groups excluding carboxylic acids is 1. The van der Waals surface area contributed by atoms with E-state index in [2.05, 4.69) is 52.4 Å². The van der Waals surface area contributed by atoms with Crippen LogP contribution in [0.2, 0.25) is 0 Å². The molecule has 0 radical (unpaired) electrons. The van der Waals surface area contributed by atoms with Crippen molar-refractivity contribution in [3.05, 3.63) is 65.7 Å². The number of rotatable bonds is 7. The van der Waals surface area contributed by atoms with Crippen molar-refractivity contribution in [3.8, 4) is 0 Å². The standard InChI is InChI=1S/C26H30N4OS/c1-19-6-2-3-7-20(19)10-11-25(31)27-17-21-16-22(21)18-29-12-14-30(15-13-29)26-23-8-4-5-9-24(23)32-28-26/h2-11,21-22H,12-18H2,1H3,(H,27,31). The van der Waals surface area contributed by atoms with E-state index in [0.717, 1.165) is 50.6 Å². The SMILES string of the molecule is Cc1ccccc1C=CC(=O)NCC1CC1CN1CCN(c2nsc3ccccc23)CC1. The van der Waals surface area contributed by atoms with Gasteiger partial charge in [-0.25, -0.2) is 0 Å². The molecule has 1 N–H and O–H groups in total. The van der Waals surface area contributed by atoms with E-state index in [-0.39, 0.29) is 5.91 Å². The van der Waals surface area contributed by atoms with E-state index in [1.807, 2.05) is 24.3 Å². The van der Waals surface area contributed by atoms with Crippen LogP contribution in [0.5, 0.6) is 0 Å². The molecule has 3 aromatic rings. The summed E-state index contributed by atoms with van der Waals surface area (Å²) in [5, 5.41) is 4.36. The molecular weight excluding hydrogens is 416 g/mol. The lowest BCUT2D eigenvalue weighted by Crippen LogP contribution is -2.47. The molecule has 6 heteroatoms. The van der Waals surface area contributed by atoms with Crippen molar-refractivity contribution in [3.63, 3.8) is 0 Å². The van der Waals surface area contributed by atoms with E-state index in [1.54, 1.807) is 17.6 Å². The van der Waals surface area contributed by atoms with E-state index in [1.165, 1.54) is 22.1 Å². The zero-order valence-electron chi connectivity index (χ0n) is 18.5. The van der Waals surface area contributed by atoms with E-state index in [0.29, 0.717) is 11.8 Å². The zero-order valence-corrected chi connectivity index (χ0v) is 19.4. The van der Waals surface area contributed by atoms with E-state index < -0.39 is 0 Å². The summed E-state index contributed by atoms with van der Waals surface area (Å²) in [6, 6.07) is 16.6. The number of hydrogen-bond donors (Lipinski definition) is 1. The van der Waals surface area contributed by atoms with Gasteiger partial charge in [0.2, 0.25) is 5.91 Å². The molecule has 2 aliphatic rings. The molecule has 1 saturated heterocycles. The summed E-state index contributed by atoms with van der Waals surface area (Å²) in [5.41, 5.74) is 2.28. The van der Waals surface area contributed by atoms with Crippen molar-refractivity contribution in [2.24, 2.45) is 11.8 Å². The Hall–Kier alpha value is -2.70. The van der Waals surface area contributed by atoms with E-state index in [9.17, 15) is 4.79 Å². The molecule has 2 aromatic carbocycles. The molecule has 2 heterocycles. The molecule has 0 spiro atoms. The Morgan fingerprint density at radius 1 is 1.09 bits per heavy atom. The number of hydrogen-bond acceptors (Lipinski definition) is 5. The summed E-state index contributed by atoms with van der Waals surface area (Å²) in [6.07, 6.45) is 4.78. The highest BCUT2D eigenvalue weighted by molar-refractivity contribution is 7.13. The minimum absolute atomic E-state index is 0.00278. The molecule has 1 aromatic heterocycles. The van der Waals surface area contributed by atoms with Crippen LogP contribution in [0, 0.1) is 18.8 Å². The second kappa shape index (κ2) is 9.43. The van der Waals surface area contributed by atoms with E-state index in [4.69, 9.17) is 4.37 Å². The number of carbonyl (C=O) groups is 1. The van der Waals surface area contributed by atoms with Gasteiger partial charge in [-0.1, -0.05) is 36.4 Å². The molecule has 1 aliphatic heterocycles. The normalized spacial score (nSPS) is 21.3. The van der Waals surface area contributed by atoms with Gasteiger partial charge >= 0.3 is 0 Å². The number of piperazine rings is 1. The van der Waals surface area contributed by atoms with Crippen molar-refractivity contribution in [2.45, 2.75) is 13.3 Å². The fourth-order valence-electron chi connectivity index (χ4n) is 4.59. The number of benzene rings is 2. The van der Waals surface area contributed by atoms with Crippen LogP contribution in [0.3, 0.4) is 0 Å². The number of aryl methyl sites for hydroxylation is 1. The summed E-state index contributed by atoms with van der Waals surface area (Å²) >= 11 is 1.60. The summed E-state index contributed by atoms with van der Waals surface area (Å²) in [6.45, 7) is 8.22. The number of aromatic nitrogens is 1. The van der Waals surface area contributed by atoms with Gasteiger partial charge in [-0.15, -0.1) is 0 Å². The fraction of sp³-hybridized carbons (Fsp3) is 0.385. The molecule has 5 rings (SSSR count). The highest BCUT2D eigenvalue weighted by Crippen LogP contribution is 2.39. The van der Waals surface area contributed by atoms with Crippen molar-refractivity contribution in [1.29, 1.82) is 0 Å². The third kappa shape index (κ3) is 4.87. The molecule has 2 fully saturated rings. The zero-order chi connectivity index (χ0) is 21.9. The van der Waals surface area contributed by atoms with Gasteiger partial charge in [-0.05, 0) is 66.0 Å². The Morgan fingerprint density at radius 3 is 2.72 bits per heavy atom. The van der Waals surface area contributed by atoms with Crippen LogP contribution in [0.4, 0.5) is 5.82 Å². The first-order chi connectivity index (χ1) is 15.7. The predicted octanol–water partition coefficient (Wildman–Crippen LogP) is 4.19. The lowest BCUT2D eigenvalue weighted by Gasteiger charge is -2.35. The van der Waals surface area contributed by atoms with Gasteiger partial charge in [-0.3, -0.25) is 9.69 Å². The lowest BCUT2D eigenvalue weighted by atomic mass is 10.1. The average Bonchev–Trinajstić information content (AvgIpc) is 3.41. The molecule has 0 bridgehead atoms. The van der Waals surface area contributed by atoms with Crippen molar-refractivity contribution >= 4 is 39.4 Å². The van der Waals surface area contributed by atoms with Crippen LogP contribution < -0.4 is 10.2 Å². The van der Waals surface area contributed by atoms with Crippen molar-refractivity contribution in [1.82, 2.24) is 14.6 Å². The first kappa shape index (κ1) is 21.2. The van der Waals surface area contributed by atoms with Crippen LogP contribution in [0.25, 0.3) is 16.2 Å². The molecule has 5 nitrogen and oxygen atoms in total. The monoisotopic (exact) mass is 446 g/mol. The number of fused-ring (bicyclic) bond motifs is 1. The predicted molar refractivity (Wildman–Crippen MR) is 133 cm³/mol. The maximum Gasteiger partial charge on any atom is 0.244 e. The van der Waals surface area contributed by atoms with Gasteiger partial charge in [-0.2, -0.15) is 4.37 Å². The number of nitrogens with zero attached hydrogens (tertiary/aromatic N) is 3. The van der Waals surface area contributed by atoms with Gasteiger partial charge in [0, 0.05) is 50.7 Å². The molecule has 2 atom stereocenters. The molecule has 2 unspecified atom stereocenters.